The van der Waals surface area contributed by atoms with E-state index in [1.54, 1.807) is 0 Å². The van der Waals surface area contributed by atoms with Gasteiger partial charge >= 0.3 is 0 Å². The lowest BCUT2D eigenvalue weighted by Gasteiger charge is -2.38. The van der Waals surface area contributed by atoms with E-state index in [4.69, 9.17) is 14.2 Å². The number of amides is 1. The highest BCUT2D eigenvalue weighted by molar-refractivity contribution is 5.85. The SMILES string of the molecule is CC1=CC=C(C2(C3=CC=C(C)CC3C)OC3=C(CC(C)(C(=O)N4CCOCC4)C=C3)O2)CC1. The van der Waals surface area contributed by atoms with E-state index in [0.29, 0.717) is 38.6 Å². The first-order valence-electron chi connectivity index (χ1n) is 12.2. The van der Waals surface area contributed by atoms with Crippen molar-refractivity contribution in [3.05, 3.63) is 70.3 Å². The number of carbonyl (C=O) groups excluding carboxylic acids is 1. The number of hydrogen-bond donors (Lipinski definition) is 0. The summed E-state index contributed by atoms with van der Waals surface area (Å²) in [6.45, 7) is 11.1. The van der Waals surface area contributed by atoms with Crippen molar-refractivity contribution in [2.75, 3.05) is 26.3 Å². The van der Waals surface area contributed by atoms with Gasteiger partial charge in [-0.05, 0) is 52.0 Å². The topological polar surface area (TPSA) is 48.0 Å². The van der Waals surface area contributed by atoms with Crippen molar-refractivity contribution in [3.8, 4) is 0 Å². The number of allylic oxidation sites excluding steroid dienone is 8. The molecule has 2 heterocycles. The molecule has 0 aromatic carbocycles. The van der Waals surface area contributed by atoms with Crippen LogP contribution in [0.15, 0.2) is 70.3 Å². The monoisotopic (exact) mass is 449 g/mol. The Bertz CT molecular complexity index is 1040. The van der Waals surface area contributed by atoms with Gasteiger partial charge < -0.3 is 19.1 Å². The summed E-state index contributed by atoms with van der Waals surface area (Å²) in [5.74, 6) is 1.07. The molecule has 0 saturated carbocycles. The molecule has 33 heavy (non-hydrogen) atoms. The second-order valence-electron chi connectivity index (χ2n) is 10.4. The van der Waals surface area contributed by atoms with Gasteiger partial charge in [0.2, 0.25) is 5.91 Å². The summed E-state index contributed by atoms with van der Waals surface area (Å²) < 4.78 is 19.0. The van der Waals surface area contributed by atoms with E-state index in [2.05, 4.69) is 45.1 Å². The van der Waals surface area contributed by atoms with Crippen LogP contribution >= 0.6 is 0 Å². The molecule has 5 rings (SSSR count). The maximum Gasteiger partial charge on any atom is 0.297 e. The molecule has 1 amide bonds. The molecular formula is C28H35NO4. The first kappa shape index (κ1) is 22.3. The Kier molecular flexibility index (Phi) is 5.64. The molecule has 5 heteroatoms. The minimum Gasteiger partial charge on any atom is -0.445 e. The van der Waals surface area contributed by atoms with Gasteiger partial charge in [-0.1, -0.05) is 48.5 Å². The van der Waals surface area contributed by atoms with Gasteiger partial charge in [0.1, 0.15) is 5.76 Å². The lowest BCUT2D eigenvalue weighted by Crippen LogP contribution is -2.47. The van der Waals surface area contributed by atoms with Crippen molar-refractivity contribution in [3.63, 3.8) is 0 Å². The van der Waals surface area contributed by atoms with Crippen LogP contribution in [0.4, 0.5) is 0 Å². The highest BCUT2D eigenvalue weighted by Crippen LogP contribution is 2.52. The molecule has 0 radical (unpaired) electrons. The molecule has 0 spiro atoms. The minimum atomic E-state index is -0.921. The Hall–Kier alpha value is -2.53. The van der Waals surface area contributed by atoms with Gasteiger partial charge in [0.25, 0.3) is 5.79 Å². The van der Waals surface area contributed by atoms with E-state index in [1.165, 1.54) is 11.1 Å². The lowest BCUT2D eigenvalue weighted by molar-refractivity contribution is -0.143. The quantitative estimate of drug-likeness (QED) is 0.583. The number of nitrogens with zero attached hydrogens (tertiary/aromatic N) is 1. The lowest BCUT2D eigenvalue weighted by atomic mass is 9.79. The second kappa shape index (κ2) is 8.35. The van der Waals surface area contributed by atoms with Crippen molar-refractivity contribution in [1.29, 1.82) is 0 Å². The Morgan fingerprint density at radius 2 is 1.79 bits per heavy atom. The smallest absolute Gasteiger partial charge is 0.297 e. The number of morpholine rings is 1. The van der Waals surface area contributed by atoms with Gasteiger partial charge in [-0.25, -0.2) is 0 Å². The van der Waals surface area contributed by atoms with E-state index >= 15 is 0 Å². The fourth-order valence-electron chi connectivity index (χ4n) is 5.57. The molecule has 2 aliphatic heterocycles. The first-order chi connectivity index (χ1) is 15.8. The zero-order valence-corrected chi connectivity index (χ0v) is 20.3. The van der Waals surface area contributed by atoms with Gasteiger partial charge in [0.15, 0.2) is 5.76 Å². The highest BCUT2D eigenvalue weighted by Gasteiger charge is 2.53. The molecule has 0 aromatic rings. The average Bonchev–Trinajstić information content (AvgIpc) is 3.18. The summed E-state index contributed by atoms with van der Waals surface area (Å²) in [6.07, 6.45) is 16.1. The van der Waals surface area contributed by atoms with Gasteiger partial charge in [-0.3, -0.25) is 4.79 Å². The van der Waals surface area contributed by atoms with Crippen LogP contribution in [0.2, 0.25) is 0 Å². The Morgan fingerprint density at radius 1 is 1.03 bits per heavy atom. The highest BCUT2D eigenvalue weighted by atomic mass is 16.7. The second-order valence-corrected chi connectivity index (χ2v) is 10.4. The minimum absolute atomic E-state index is 0.133. The van der Waals surface area contributed by atoms with Gasteiger partial charge in [0, 0.05) is 30.7 Å². The summed E-state index contributed by atoms with van der Waals surface area (Å²) in [5.41, 5.74) is 4.42. The molecule has 0 aromatic heterocycles. The average molecular weight is 450 g/mol. The van der Waals surface area contributed by atoms with Crippen LogP contribution in [0.1, 0.15) is 53.4 Å². The molecular weight excluding hydrogens is 414 g/mol. The molecule has 5 aliphatic rings. The molecule has 0 N–H and O–H groups in total. The van der Waals surface area contributed by atoms with Crippen molar-refractivity contribution in [2.45, 2.75) is 59.2 Å². The van der Waals surface area contributed by atoms with Crippen LogP contribution in [0.25, 0.3) is 0 Å². The van der Waals surface area contributed by atoms with E-state index in [1.807, 2.05) is 24.0 Å². The molecule has 0 bridgehead atoms. The van der Waals surface area contributed by atoms with Crippen molar-refractivity contribution in [2.24, 2.45) is 11.3 Å². The van der Waals surface area contributed by atoms with E-state index in [9.17, 15) is 4.79 Å². The fraction of sp³-hybridized carbons (Fsp3) is 0.536. The third-order valence-electron chi connectivity index (χ3n) is 7.58. The summed E-state index contributed by atoms with van der Waals surface area (Å²) >= 11 is 0. The molecule has 3 atom stereocenters. The zero-order chi connectivity index (χ0) is 23.2. The Balaban J connectivity index is 1.46. The number of carbonyl (C=O) groups is 1. The predicted octanol–water partition coefficient (Wildman–Crippen LogP) is 5.35. The van der Waals surface area contributed by atoms with Crippen molar-refractivity contribution >= 4 is 5.91 Å². The van der Waals surface area contributed by atoms with Crippen molar-refractivity contribution in [1.82, 2.24) is 4.90 Å². The number of hydrogen-bond acceptors (Lipinski definition) is 4. The van der Waals surface area contributed by atoms with Gasteiger partial charge in [-0.15, -0.1) is 0 Å². The normalized spacial score (nSPS) is 33.9. The molecule has 5 nitrogen and oxygen atoms in total. The van der Waals surface area contributed by atoms with Crippen molar-refractivity contribution < 1.29 is 19.0 Å². The van der Waals surface area contributed by atoms with Crippen LogP contribution < -0.4 is 0 Å². The third kappa shape index (κ3) is 3.90. The van der Waals surface area contributed by atoms with Crippen LogP contribution in [0.5, 0.6) is 0 Å². The molecule has 1 saturated heterocycles. The van der Waals surface area contributed by atoms with Crippen LogP contribution in [0, 0.1) is 11.3 Å². The Labute approximate surface area is 197 Å². The maximum atomic E-state index is 13.4. The summed E-state index contributed by atoms with van der Waals surface area (Å²) in [6, 6.07) is 0. The van der Waals surface area contributed by atoms with Gasteiger partial charge in [0.05, 0.1) is 18.6 Å². The van der Waals surface area contributed by atoms with E-state index < -0.39 is 11.2 Å². The zero-order valence-electron chi connectivity index (χ0n) is 20.3. The predicted molar refractivity (Wildman–Crippen MR) is 128 cm³/mol. The largest absolute Gasteiger partial charge is 0.445 e. The fourth-order valence-corrected chi connectivity index (χ4v) is 5.57. The summed E-state index contributed by atoms with van der Waals surface area (Å²) in [4.78, 5) is 15.3. The molecule has 1 fully saturated rings. The molecule has 176 valence electrons. The standard InChI is InChI=1S/C28H35NO4/c1-19-5-8-22(9-6-19)28(23-10-7-20(2)17-21(23)3)32-24-11-12-27(4,18-25(24)33-28)26(30)29-13-15-31-16-14-29/h5,7-8,10-12,21H,6,9,13-18H2,1-4H3. The maximum absolute atomic E-state index is 13.4. The Morgan fingerprint density at radius 3 is 2.48 bits per heavy atom. The number of ether oxygens (including phenoxy) is 3. The summed E-state index contributed by atoms with van der Waals surface area (Å²) in [7, 11) is 0. The third-order valence-corrected chi connectivity index (χ3v) is 7.58. The first-order valence-corrected chi connectivity index (χ1v) is 12.2. The van der Waals surface area contributed by atoms with Crippen LogP contribution in [-0.4, -0.2) is 42.9 Å². The van der Waals surface area contributed by atoms with Crippen LogP contribution in [0.3, 0.4) is 0 Å². The van der Waals surface area contributed by atoms with Crippen LogP contribution in [-0.2, 0) is 19.0 Å². The molecule has 3 aliphatic carbocycles. The van der Waals surface area contributed by atoms with Gasteiger partial charge in [-0.2, -0.15) is 0 Å². The summed E-state index contributed by atoms with van der Waals surface area (Å²) in [5, 5.41) is 0. The van der Waals surface area contributed by atoms with E-state index in [-0.39, 0.29) is 5.91 Å². The number of rotatable bonds is 3. The molecule has 3 unspecified atom stereocenters. The van der Waals surface area contributed by atoms with E-state index in [0.717, 1.165) is 41.9 Å².